The standard InChI is InChI=1S/C17H25N5O2/c1-2-14-9-19-17(18)20-16(14)22-6-5-21(15(11-22)3-7-23)10-13-4-8-24-12-13/h4,8-9,12,15,23H,2-3,5-7,10-11H2,1H3,(H2,18,19,20)/t15-/m0/s1. The number of aryl methyl sites for hydroxylation is 1. The van der Waals surface area contributed by atoms with Gasteiger partial charge in [0, 0.05) is 56.2 Å². The van der Waals surface area contributed by atoms with E-state index in [9.17, 15) is 5.11 Å². The lowest BCUT2D eigenvalue weighted by Crippen LogP contribution is -2.53. The summed E-state index contributed by atoms with van der Waals surface area (Å²) >= 11 is 0. The van der Waals surface area contributed by atoms with Crippen LogP contribution in [-0.4, -0.2) is 52.3 Å². The van der Waals surface area contributed by atoms with E-state index in [0.717, 1.165) is 56.0 Å². The summed E-state index contributed by atoms with van der Waals surface area (Å²) in [6.45, 7) is 5.71. The lowest BCUT2D eigenvalue weighted by molar-refractivity contribution is 0.135. The van der Waals surface area contributed by atoms with E-state index in [1.54, 1.807) is 12.5 Å². The average Bonchev–Trinajstić information content (AvgIpc) is 3.10. The molecule has 0 aromatic carbocycles. The zero-order valence-electron chi connectivity index (χ0n) is 14.1. The van der Waals surface area contributed by atoms with Crippen molar-refractivity contribution in [3.63, 3.8) is 0 Å². The minimum absolute atomic E-state index is 0.174. The molecule has 1 aliphatic rings. The van der Waals surface area contributed by atoms with Crippen molar-refractivity contribution in [2.24, 2.45) is 0 Å². The third-order valence-corrected chi connectivity index (χ3v) is 4.57. The second-order valence-corrected chi connectivity index (χ2v) is 6.14. The second-order valence-electron chi connectivity index (χ2n) is 6.14. The van der Waals surface area contributed by atoms with Crippen LogP contribution in [0.1, 0.15) is 24.5 Å². The first-order chi connectivity index (χ1) is 11.7. The van der Waals surface area contributed by atoms with Gasteiger partial charge in [-0.05, 0) is 18.9 Å². The number of piperazine rings is 1. The molecule has 0 unspecified atom stereocenters. The van der Waals surface area contributed by atoms with Crippen LogP contribution in [0.25, 0.3) is 0 Å². The van der Waals surface area contributed by atoms with Crippen molar-refractivity contribution < 1.29 is 9.52 Å². The molecule has 1 aliphatic heterocycles. The van der Waals surface area contributed by atoms with Gasteiger partial charge in [-0.1, -0.05) is 6.92 Å². The van der Waals surface area contributed by atoms with E-state index in [-0.39, 0.29) is 12.6 Å². The number of aliphatic hydroxyl groups excluding tert-OH is 1. The van der Waals surface area contributed by atoms with Gasteiger partial charge in [-0.2, -0.15) is 4.98 Å². The van der Waals surface area contributed by atoms with Crippen molar-refractivity contribution >= 4 is 11.8 Å². The molecule has 1 fully saturated rings. The zero-order valence-corrected chi connectivity index (χ0v) is 14.1. The van der Waals surface area contributed by atoms with Crippen molar-refractivity contribution in [3.8, 4) is 0 Å². The van der Waals surface area contributed by atoms with Gasteiger partial charge in [-0.3, -0.25) is 4.90 Å². The van der Waals surface area contributed by atoms with Crippen molar-refractivity contribution in [1.29, 1.82) is 0 Å². The Bertz CT molecular complexity index is 646. The number of anilines is 2. The van der Waals surface area contributed by atoms with Gasteiger partial charge in [-0.25, -0.2) is 4.98 Å². The van der Waals surface area contributed by atoms with E-state index >= 15 is 0 Å². The molecule has 7 heteroatoms. The smallest absolute Gasteiger partial charge is 0.221 e. The number of hydrogen-bond donors (Lipinski definition) is 2. The van der Waals surface area contributed by atoms with Gasteiger partial charge < -0.3 is 20.2 Å². The predicted molar refractivity (Wildman–Crippen MR) is 92.6 cm³/mol. The van der Waals surface area contributed by atoms with E-state index in [2.05, 4.69) is 26.7 Å². The number of furan rings is 1. The van der Waals surface area contributed by atoms with Gasteiger partial charge in [0.15, 0.2) is 0 Å². The minimum atomic E-state index is 0.174. The van der Waals surface area contributed by atoms with E-state index in [1.165, 1.54) is 0 Å². The molecular formula is C17H25N5O2. The molecule has 1 atom stereocenters. The van der Waals surface area contributed by atoms with Crippen LogP contribution in [-0.2, 0) is 13.0 Å². The molecule has 130 valence electrons. The molecule has 0 spiro atoms. The third-order valence-electron chi connectivity index (χ3n) is 4.57. The molecule has 0 saturated carbocycles. The summed E-state index contributed by atoms with van der Waals surface area (Å²) in [5, 5.41) is 9.45. The Morgan fingerprint density at radius 2 is 2.29 bits per heavy atom. The maximum absolute atomic E-state index is 9.45. The number of rotatable bonds is 6. The molecule has 3 rings (SSSR count). The van der Waals surface area contributed by atoms with Crippen LogP contribution in [0.4, 0.5) is 11.8 Å². The van der Waals surface area contributed by atoms with Crippen molar-refractivity contribution in [2.45, 2.75) is 32.4 Å². The van der Waals surface area contributed by atoms with E-state index in [4.69, 9.17) is 10.2 Å². The number of hydrogen-bond acceptors (Lipinski definition) is 7. The van der Waals surface area contributed by atoms with Gasteiger partial charge in [0.05, 0.1) is 12.5 Å². The largest absolute Gasteiger partial charge is 0.472 e. The zero-order chi connectivity index (χ0) is 16.9. The SMILES string of the molecule is CCc1cnc(N)nc1N1CCN(Cc2ccoc2)[C@@H](CCO)C1. The molecule has 0 amide bonds. The average molecular weight is 331 g/mol. The van der Waals surface area contributed by atoms with Crippen LogP contribution < -0.4 is 10.6 Å². The van der Waals surface area contributed by atoms with Crippen LogP contribution in [0, 0.1) is 0 Å². The highest BCUT2D eigenvalue weighted by atomic mass is 16.3. The van der Waals surface area contributed by atoms with Gasteiger partial charge in [0.2, 0.25) is 5.95 Å². The highest BCUT2D eigenvalue weighted by Crippen LogP contribution is 2.24. The molecule has 0 aliphatic carbocycles. The first-order valence-corrected chi connectivity index (χ1v) is 8.43. The molecular weight excluding hydrogens is 306 g/mol. The van der Waals surface area contributed by atoms with Gasteiger partial charge in [-0.15, -0.1) is 0 Å². The fraction of sp³-hybridized carbons (Fsp3) is 0.529. The molecule has 3 N–H and O–H groups in total. The Kier molecular flexibility index (Phi) is 5.32. The molecule has 2 aromatic heterocycles. The van der Waals surface area contributed by atoms with Crippen LogP contribution in [0.3, 0.4) is 0 Å². The summed E-state index contributed by atoms with van der Waals surface area (Å²) < 4.78 is 5.17. The molecule has 24 heavy (non-hydrogen) atoms. The Morgan fingerprint density at radius 3 is 3.00 bits per heavy atom. The maximum atomic E-state index is 9.45. The highest BCUT2D eigenvalue weighted by Gasteiger charge is 2.28. The predicted octanol–water partition coefficient (Wildman–Crippen LogP) is 1.29. The first-order valence-electron chi connectivity index (χ1n) is 8.43. The summed E-state index contributed by atoms with van der Waals surface area (Å²) in [5.74, 6) is 1.23. The lowest BCUT2D eigenvalue weighted by atomic mass is 10.1. The minimum Gasteiger partial charge on any atom is -0.472 e. The highest BCUT2D eigenvalue weighted by molar-refractivity contribution is 5.49. The van der Waals surface area contributed by atoms with Crippen molar-refractivity contribution in [3.05, 3.63) is 35.9 Å². The van der Waals surface area contributed by atoms with E-state index < -0.39 is 0 Å². The van der Waals surface area contributed by atoms with Crippen LogP contribution in [0.15, 0.2) is 29.2 Å². The third kappa shape index (κ3) is 3.68. The van der Waals surface area contributed by atoms with Crippen molar-refractivity contribution in [1.82, 2.24) is 14.9 Å². The fourth-order valence-corrected chi connectivity index (χ4v) is 3.27. The fourth-order valence-electron chi connectivity index (χ4n) is 3.27. The van der Waals surface area contributed by atoms with Crippen LogP contribution >= 0.6 is 0 Å². The molecule has 1 saturated heterocycles. The lowest BCUT2D eigenvalue weighted by Gasteiger charge is -2.42. The number of aromatic nitrogens is 2. The summed E-state index contributed by atoms with van der Waals surface area (Å²) in [6.07, 6.45) is 6.90. The number of aliphatic hydroxyl groups is 1. The Balaban J connectivity index is 1.76. The molecule has 2 aromatic rings. The monoisotopic (exact) mass is 331 g/mol. The topological polar surface area (TPSA) is 91.7 Å². The number of nitrogens with two attached hydrogens (primary N) is 1. The molecule has 7 nitrogen and oxygen atoms in total. The Hall–Kier alpha value is -2.12. The van der Waals surface area contributed by atoms with E-state index in [1.807, 2.05) is 12.3 Å². The first kappa shape index (κ1) is 16.7. The van der Waals surface area contributed by atoms with E-state index in [0.29, 0.717) is 5.95 Å². The summed E-state index contributed by atoms with van der Waals surface area (Å²) in [6, 6.07) is 2.25. The Morgan fingerprint density at radius 1 is 1.42 bits per heavy atom. The molecule has 3 heterocycles. The normalized spacial score (nSPS) is 18.9. The van der Waals surface area contributed by atoms with Gasteiger partial charge in [0.25, 0.3) is 0 Å². The molecule has 0 radical (unpaired) electrons. The van der Waals surface area contributed by atoms with Crippen LogP contribution in [0.5, 0.6) is 0 Å². The summed E-state index contributed by atoms with van der Waals surface area (Å²) in [5.41, 5.74) is 8.06. The van der Waals surface area contributed by atoms with Gasteiger partial charge in [0.1, 0.15) is 5.82 Å². The quantitative estimate of drug-likeness (QED) is 0.824. The van der Waals surface area contributed by atoms with Gasteiger partial charge >= 0.3 is 0 Å². The van der Waals surface area contributed by atoms with Crippen molar-refractivity contribution in [2.75, 3.05) is 36.9 Å². The van der Waals surface area contributed by atoms with Crippen LogP contribution in [0.2, 0.25) is 0 Å². The summed E-state index contributed by atoms with van der Waals surface area (Å²) in [4.78, 5) is 13.2. The number of nitrogen functional groups attached to an aromatic ring is 1. The summed E-state index contributed by atoms with van der Waals surface area (Å²) in [7, 11) is 0. The molecule has 0 bridgehead atoms. The maximum Gasteiger partial charge on any atom is 0.221 e. The Labute approximate surface area is 142 Å². The second kappa shape index (κ2) is 7.63. The number of nitrogens with zero attached hydrogens (tertiary/aromatic N) is 4.